The Kier molecular flexibility index (Phi) is 7.84. The lowest BCUT2D eigenvalue weighted by atomic mass is 10.0. The summed E-state index contributed by atoms with van der Waals surface area (Å²) in [7, 11) is 1.58. The van der Waals surface area contributed by atoms with E-state index in [0.29, 0.717) is 13.0 Å². The van der Waals surface area contributed by atoms with Crippen LogP contribution in [0.4, 0.5) is 11.5 Å². The average Bonchev–Trinajstić information content (AvgIpc) is 3.33. The lowest BCUT2D eigenvalue weighted by Gasteiger charge is -2.34. The number of nitrogens with one attached hydrogen (secondary N) is 1. The van der Waals surface area contributed by atoms with E-state index in [9.17, 15) is 14.4 Å². The SMILES string of the molecule is COCCCN(C(=O)CN1CCc2sccc2[C@@H]1C)c1c(N)n(Cc2ccccc2)c(=O)[nH]c1=O. The molecule has 0 saturated heterocycles. The van der Waals surface area contributed by atoms with E-state index in [0.717, 1.165) is 18.5 Å². The van der Waals surface area contributed by atoms with Crippen molar-refractivity contribution in [2.45, 2.75) is 32.4 Å². The molecule has 3 aromatic rings. The van der Waals surface area contributed by atoms with Crippen molar-refractivity contribution >= 4 is 28.7 Å². The highest BCUT2D eigenvalue weighted by atomic mass is 32.1. The van der Waals surface area contributed by atoms with Gasteiger partial charge in [0.15, 0.2) is 5.69 Å². The monoisotopic (exact) mass is 497 g/mol. The van der Waals surface area contributed by atoms with Crippen molar-refractivity contribution in [1.82, 2.24) is 14.5 Å². The Bertz CT molecular complexity index is 1280. The first-order chi connectivity index (χ1) is 16.9. The molecule has 1 aliphatic rings. The predicted octanol–water partition coefficient (Wildman–Crippen LogP) is 2.22. The third-order valence-electron chi connectivity index (χ3n) is 6.44. The number of hydrogen-bond donors (Lipinski definition) is 2. The molecule has 0 aliphatic carbocycles. The molecule has 186 valence electrons. The molecule has 1 aliphatic heterocycles. The molecule has 2 aromatic heterocycles. The van der Waals surface area contributed by atoms with Gasteiger partial charge in [-0.25, -0.2) is 4.79 Å². The number of rotatable bonds is 9. The van der Waals surface area contributed by atoms with Gasteiger partial charge in [-0.1, -0.05) is 30.3 Å². The van der Waals surface area contributed by atoms with Crippen LogP contribution >= 0.6 is 11.3 Å². The van der Waals surface area contributed by atoms with E-state index in [-0.39, 0.29) is 43.1 Å². The van der Waals surface area contributed by atoms with Crippen LogP contribution in [0.2, 0.25) is 0 Å². The standard InChI is InChI=1S/C25H31N5O4S/c1-17-19-10-14-35-20(19)9-12-28(17)16-21(31)29(11-6-13-34-2)22-23(26)30(25(33)27-24(22)32)15-18-7-4-3-5-8-18/h3-5,7-8,10,14,17H,6,9,11-13,15-16,26H2,1-2H3,(H,27,32,33)/t17-/m0/s1. The van der Waals surface area contributed by atoms with Crippen LogP contribution in [0.5, 0.6) is 0 Å². The van der Waals surface area contributed by atoms with Crippen molar-refractivity contribution in [2.75, 3.05) is 44.0 Å². The fourth-order valence-electron chi connectivity index (χ4n) is 4.53. The van der Waals surface area contributed by atoms with Gasteiger partial charge >= 0.3 is 5.69 Å². The minimum atomic E-state index is -0.672. The van der Waals surface area contributed by atoms with E-state index < -0.39 is 11.2 Å². The van der Waals surface area contributed by atoms with Gasteiger partial charge in [-0.2, -0.15) is 0 Å². The zero-order valence-electron chi connectivity index (χ0n) is 20.0. The second-order valence-electron chi connectivity index (χ2n) is 8.65. The molecule has 0 bridgehead atoms. The highest BCUT2D eigenvalue weighted by Gasteiger charge is 2.30. The van der Waals surface area contributed by atoms with Gasteiger partial charge in [-0.15, -0.1) is 11.3 Å². The maximum absolute atomic E-state index is 13.6. The Labute approximate surface area is 207 Å². The summed E-state index contributed by atoms with van der Waals surface area (Å²) < 4.78 is 6.46. The van der Waals surface area contributed by atoms with Crippen molar-refractivity contribution < 1.29 is 9.53 Å². The molecule has 0 spiro atoms. The first kappa shape index (κ1) is 24.9. The van der Waals surface area contributed by atoms with Gasteiger partial charge in [-0.3, -0.25) is 24.0 Å². The third-order valence-corrected chi connectivity index (χ3v) is 7.44. The van der Waals surface area contributed by atoms with Gasteiger partial charge in [0.1, 0.15) is 5.82 Å². The zero-order chi connectivity index (χ0) is 24.9. The highest BCUT2D eigenvalue weighted by molar-refractivity contribution is 7.10. The van der Waals surface area contributed by atoms with Crippen LogP contribution in [0.25, 0.3) is 0 Å². The number of H-pyrrole nitrogens is 1. The molecule has 1 amide bonds. The molecule has 10 heteroatoms. The Morgan fingerprint density at radius 3 is 2.77 bits per heavy atom. The van der Waals surface area contributed by atoms with Crippen LogP contribution < -0.4 is 21.9 Å². The summed E-state index contributed by atoms with van der Waals surface area (Å²) in [6, 6.07) is 11.6. The van der Waals surface area contributed by atoms with Crippen molar-refractivity contribution in [3.63, 3.8) is 0 Å². The number of fused-ring (bicyclic) bond motifs is 1. The molecule has 3 N–H and O–H groups in total. The van der Waals surface area contributed by atoms with E-state index in [1.165, 1.54) is 19.9 Å². The van der Waals surface area contributed by atoms with Gasteiger partial charge in [0.2, 0.25) is 5.91 Å². The number of amides is 1. The number of thiophene rings is 1. The summed E-state index contributed by atoms with van der Waals surface area (Å²) in [6.45, 7) is 3.83. The van der Waals surface area contributed by atoms with Gasteiger partial charge in [-0.05, 0) is 42.3 Å². The molecule has 35 heavy (non-hydrogen) atoms. The molecule has 4 rings (SSSR count). The molecule has 1 atom stereocenters. The second kappa shape index (κ2) is 11.0. The fraction of sp³-hybridized carbons (Fsp3) is 0.400. The minimum absolute atomic E-state index is 0.00233. The summed E-state index contributed by atoms with van der Waals surface area (Å²) in [5.41, 5.74) is 7.21. The minimum Gasteiger partial charge on any atom is -0.385 e. The Balaban J connectivity index is 1.65. The largest absolute Gasteiger partial charge is 0.385 e. The number of aromatic amines is 1. The van der Waals surface area contributed by atoms with E-state index in [1.807, 2.05) is 30.3 Å². The Hall–Kier alpha value is -3.21. The zero-order valence-corrected chi connectivity index (χ0v) is 20.8. The van der Waals surface area contributed by atoms with Gasteiger partial charge in [0, 0.05) is 37.7 Å². The molecule has 0 radical (unpaired) electrons. The molecule has 3 heterocycles. The Morgan fingerprint density at radius 1 is 1.26 bits per heavy atom. The number of carbonyl (C=O) groups excluding carboxylic acids is 1. The maximum Gasteiger partial charge on any atom is 0.330 e. The van der Waals surface area contributed by atoms with E-state index in [2.05, 4.69) is 28.3 Å². The third kappa shape index (κ3) is 5.39. The van der Waals surface area contributed by atoms with Crippen LogP contribution in [-0.4, -0.2) is 53.7 Å². The molecule has 0 unspecified atom stereocenters. The summed E-state index contributed by atoms with van der Waals surface area (Å²) in [5.74, 6) is -0.270. The normalized spacial score (nSPS) is 15.7. The first-order valence-electron chi connectivity index (χ1n) is 11.7. The lowest BCUT2D eigenvalue weighted by Crippen LogP contribution is -2.47. The number of nitrogen functional groups attached to an aromatic ring is 1. The van der Waals surface area contributed by atoms with Gasteiger partial charge < -0.3 is 15.4 Å². The smallest absolute Gasteiger partial charge is 0.330 e. The number of aromatic nitrogens is 2. The molecule has 0 saturated carbocycles. The van der Waals surface area contributed by atoms with Gasteiger partial charge in [0.05, 0.1) is 13.1 Å². The number of methoxy groups -OCH3 is 1. The van der Waals surface area contributed by atoms with Crippen molar-refractivity contribution in [1.29, 1.82) is 0 Å². The summed E-state index contributed by atoms with van der Waals surface area (Å²) >= 11 is 1.74. The Morgan fingerprint density at radius 2 is 2.03 bits per heavy atom. The van der Waals surface area contributed by atoms with Crippen molar-refractivity contribution in [2.24, 2.45) is 0 Å². The number of benzene rings is 1. The van der Waals surface area contributed by atoms with E-state index in [1.54, 1.807) is 18.4 Å². The molecular weight excluding hydrogens is 466 g/mol. The first-order valence-corrected chi connectivity index (χ1v) is 12.5. The lowest BCUT2D eigenvalue weighted by molar-refractivity contribution is -0.120. The number of nitrogens with zero attached hydrogens (tertiary/aromatic N) is 3. The van der Waals surface area contributed by atoms with Crippen LogP contribution in [-0.2, 0) is 22.5 Å². The van der Waals surface area contributed by atoms with Crippen LogP contribution in [0.1, 0.15) is 35.4 Å². The van der Waals surface area contributed by atoms with Crippen molar-refractivity contribution in [3.8, 4) is 0 Å². The molecule has 9 nitrogen and oxygen atoms in total. The predicted molar refractivity (Wildman–Crippen MR) is 138 cm³/mol. The number of carbonyl (C=O) groups is 1. The quantitative estimate of drug-likeness (QED) is 0.438. The van der Waals surface area contributed by atoms with Crippen LogP contribution in [0, 0.1) is 0 Å². The molecule has 1 aromatic carbocycles. The summed E-state index contributed by atoms with van der Waals surface area (Å²) in [5, 5.41) is 2.08. The second-order valence-corrected chi connectivity index (χ2v) is 9.65. The van der Waals surface area contributed by atoms with Crippen molar-refractivity contribution in [3.05, 3.63) is 78.6 Å². The fourth-order valence-corrected chi connectivity index (χ4v) is 5.49. The van der Waals surface area contributed by atoms with E-state index >= 15 is 0 Å². The average molecular weight is 498 g/mol. The van der Waals surface area contributed by atoms with Crippen LogP contribution in [0.15, 0.2) is 51.4 Å². The molecular formula is C25H31N5O4S. The summed E-state index contributed by atoms with van der Waals surface area (Å²) in [4.78, 5) is 46.4. The number of anilines is 2. The summed E-state index contributed by atoms with van der Waals surface area (Å²) in [6.07, 6.45) is 1.40. The van der Waals surface area contributed by atoms with E-state index in [4.69, 9.17) is 10.5 Å². The molecule has 0 fully saturated rings. The van der Waals surface area contributed by atoms with Gasteiger partial charge in [0.25, 0.3) is 5.56 Å². The number of nitrogens with two attached hydrogens (primary N) is 1. The number of ether oxygens (including phenoxy) is 1. The highest BCUT2D eigenvalue weighted by Crippen LogP contribution is 2.32. The van der Waals surface area contributed by atoms with Crippen LogP contribution in [0.3, 0.4) is 0 Å². The number of hydrogen-bond acceptors (Lipinski definition) is 7. The topological polar surface area (TPSA) is 114 Å². The maximum atomic E-state index is 13.6.